The average Bonchev–Trinajstić information content (AvgIpc) is 2.72. The summed E-state index contributed by atoms with van der Waals surface area (Å²) in [6, 6.07) is 0. The molecule has 0 saturated carbocycles. The van der Waals surface area contributed by atoms with Gasteiger partial charge in [-0.2, -0.15) is 18.2 Å². The van der Waals surface area contributed by atoms with Gasteiger partial charge in [0.25, 0.3) is 0 Å². The van der Waals surface area contributed by atoms with Crippen molar-refractivity contribution in [3.05, 3.63) is 11.7 Å². The van der Waals surface area contributed by atoms with Crippen molar-refractivity contribution < 1.29 is 22.5 Å². The van der Waals surface area contributed by atoms with Crippen LogP contribution in [0.3, 0.4) is 0 Å². The maximum absolute atomic E-state index is 11.9. The van der Waals surface area contributed by atoms with Gasteiger partial charge >= 0.3 is 6.18 Å². The molecule has 0 aliphatic carbocycles. The molecule has 1 rings (SSSR count). The molecule has 0 bridgehead atoms. The van der Waals surface area contributed by atoms with Gasteiger partial charge in [-0.15, -0.1) is 0 Å². The molecule has 0 aliphatic heterocycles. The Morgan fingerprint density at radius 2 is 2.12 bits per heavy atom. The minimum atomic E-state index is -4.24. The van der Waals surface area contributed by atoms with E-state index in [0.717, 1.165) is 0 Å². The molecule has 0 N–H and O–H groups in total. The summed E-state index contributed by atoms with van der Waals surface area (Å²) < 4.78 is 40.6. The Kier molecular flexibility index (Phi) is 4.25. The summed E-state index contributed by atoms with van der Waals surface area (Å²) in [6.45, 7) is 3.28. The van der Waals surface area contributed by atoms with E-state index in [1.807, 2.05) is 0 Å². The second kappa shape index (κ2) is 5.29. The molecule has 0 spiro atoms. The molecule has 7 heteroatoms. The molecule has 0 amide bonds. The first-order valence-corrected chi connectivity index (χ1v) is 5.25. The molecule has 0 fully saturated rings. The zero-order valence-corrected chi connectivity index (χ0v) is 9.54. The van der Waals surface area contributed by atoms with Crippen molar-refractivity contribution in [1.82, 2.24) is 10.1 Å². The fraction of sp³-hybridized carbons (Fsp3) is 0.700. The Morgan fingerprint density at radius 3 is 2.65 bits per heavy atom. The van der Waals surface area contributed by atoms with Gasteiger partial charge < -0.3 is 4.52 Å². The summed E-state index contributed by atoms with van der Waals surface area (Å²) in [5.74, 6) is -0.592. The fourth-order valence-electron chi connectivity index (χ4n) is 1.24. The number of rotatable bonds is 5. The summed E-state index contributed by atoms with van der Waals surface area (Å²) in [6.07, 6.45) is -5.25. The third-order valence-corrected chi connectivity index (χ3v) is 2.32. The number of alkyl halides is 3. The van der Waals surface area contributed by atoms with E-state index in [4.69, 9.17) is 4.52 Å². The third-order valence-electron chi connectivity index (χ3n) is 2.32. The van der Waals surface area contributed by atoms with Crippen molar-refractivity contribution >= 4 is 5.78 Å². The Bertz CT molecular complexity index is 387. The van der Waals surface area contributed by atoms with Crippen molar-refractivity contribution in [2.24, 2.45) is 0 Å². The van der Waals surface area contributed by atoms with Gasteiger partial charge in [0.2, 0.25) is 5.89 Å². The molecular weight excluding hydrogens is 237 g/mol. The second-order valence-electron chi connectivity index (χ2n) is 3.71. The van der Waals surface area contributed by atoms with Crippen LogP contribution in [0.25, 0.3) is 0 Å². The van der Waals surface area contributed by atoms with Crippen LogP contribution in [0.1, 0.15) is 44.3 Å². The summed E-state index contributed by atoms with van der Waals surface area (Å²) in [4.78, 5) is 15.1. The number of aryl methyl sites for hydroxylation is 1. The Morgan fingerprint density at radius 1 is 1.47 bits per heavy atom. The van der Waals surface area contributed by atoms with Crippen molar-refractivity contribution in [3.63, 3.8) is 0 Å². The minimum absolute atomic E-state index is 0.0203. The first-order valence-electron chi connectivity index (χ1n) is 5.25. The first-order chi connectivity index (χ1) is 7.83. The quantitative estimate of drug-likeness (QED) is 0.806. The fourth-order valence-corrected chi connectivity index (χ4v) is 1.24. The maximum Gasteiger partial charge on any atom is 0.389 e. The van der Waals surface area contributed by atoms with Gasteiger partial charge in [0.05, 0.1) is 12.3 Å². The highest BCUT2D eigenvalue weighted by Gasteiger charge is 2.28. The molecular formula is C10H13F3N2O2. The number of Topliss-reactive ketones (excluding diaryl/α,β-unsaturated/α-hetero) is 1. The van der Waals surface area contributed by atoms with E-state index in [9.17, 15) is 18.0 Å². The molecule has 0 radical (unpaired) electrons. The molecule has 0 aliphatic rings. The van der Waals surface area contributed by atoms with E-state index < -0.39 is 18.5 Å². The highest BCUT2D eigenvalue weighted by molar-refractivity contribution is 5.83. The van der Waals surface area contributed by atoms with Crippen LogP contribution in [-0.2, 0) is 11.2 Å². The van der Waals surface area contributed by atoms with Crippen LogP contribution in [0.15, 0.2) is 4.52 Å². The number of ketones is 1. The predicted molar refractivity (Wildman–Crippen MR) is 52.4 cm³/mol. The lowest BCUT2D eigenvalue weighted by atomic mass is 10.1. The number of aromatic nitrogens is 2. The topological polar surface area (TPSA) is 56.0 Å². The Hall–Kier alpha value is -1.40. The zero-order valence-electron chi connectivity index (χ0n) is 9.54. The SMILES string of the molecule is CCC(=O)C(C)c1nc(CCC(F)(F)F)no1. The Labute approximate surface area is 96.2 Å². The highest BCUT2D eigenvalue weighted by Crippen LogP contribution is 2.22. The highest BCUT2D eigenvalue weighted by atomic mass is 19.4. The summed E-state index contributed by atoms with van der Waals surface area (Å²) >= 11 is 0. The van der Waals surface area contributed by atoms with Crippen molar-refractivity contribution in [2.45, 2.75) is 45.2 Å². The largest absolute Gasteiger partial charge is 0.389 e. The molecule has 1 aromatic rings. The standard InChI is InChI=1S/C10H13F3N2O2/c1-3-7(16)6(2)9-14-8(15-17-9)4-5-10(11,12)13/h6H,3-5H2,1-2H3. The van der Waals surface area contributed by atoms with E-state index in [1.54, 1.807) is 13.8 Å². The van der Waals surface area contributed by atoms with Crippen LogP contribution >= 0.6 is 0 Å². The summed E-state index contributed by atoms with van der Waals surface area (Å²) in [5, 5.41) is 3.42. The van der Waals surface area contributed by atoms with Crippen LogP contribution in [0.4, 0.5) is 13.2 Å². The molecule has 0 aromatic carbocycles. The molecule has 1 heterocycles. The van der Waals surface area contributed by atoms with Gasteiger partial charge in [0, 0.05) is 12.8 Å². The number of nitrogens with zero attached hydrogens (tertiary/aromatic N) is 2. The van der Waals surface area contributed by atoms with Crippen molar-refractivity contribution in [2.75, 3.05) is 0 Å². The Balaban J connectivity index is 2.62. The van der Waals surface area contributed by atoms with Crippen LogP contribution in [-0.4, -0.2) is 22.1 Å². The van der Waals surface area contributed by atoms with Crippen LogP contribution in [0.2, 0.25) is 0 Å². The molecule has 17 heavy (non-hydrogen) atoms. The zero-order chi connectivity index (χ0) is 13.1. The molecule has 1 atom stereocenters. The lowest BCUT2D eigenvalue weighted by Crippen LogP contribution is -2.10. The van der Waals surface area contributed by atoms with E-state index in [0.29, 0.717) is 6.42 Å². The lowest BCUT2D eigenvalue weighted by molar-refractivity contribution is -0.134. The first kappa shape index (κ1) is 13.7. The number of carbonyl (C=O) groups excluding carboxylic acids is 1. The number of halogens is 3. The van der Waals surface area contributed by atoms with E-state index >= 15 is 0 Å². The van der Waals surface area contributed by atoms with Gasteiger partial charge in [0.15, 0.2) is 5.82 Å². The minimum Gasteiger partial charge on any atom is -0.339 e. The van der Waals surface area contributed by atoms with E-state index in [2.05, 4.69) is 10.1 Å². The molecule has 4 nitrogen and oxygen atoms in total. The third kappa shape index (κ3) is 4.16. The maximum atomic E-state index is 11.9. The predicted octanol–water partition coefficient (Wildman–Crippen LogP) is 2.65. The normalized spacial score (nSPS) is 13.7. The lowest BCUT2D eigenvalue weighted by Gasteiger charge is -2.02. The van der Waals surface area contributed by atoms with Gasteiger partial charge in [-0.05, 0) is 6.92 Å². The van der Waals surface area contributed by atoms with Crippen LogP contribution < -0.4 is 0 Å². The molecule has 1 aromatic heterocycles. The molecule has 1 unspecified atom stereocenters. The average molecular weight is 250 g/mol. The monoisotopic (exact) mass is 250 g/mol. The van der Waals surface area contributed by atoms with E-state index in [-0.39, 0.29) is 23.9 Å². The van der Waals surface area contributed by atoms with Gasteiger partial charge in [-0.3, -0.25) is 4.79 Å². The molecule has 0 saturated heterocycles. The number of hydrogen-bond donors (Lipinski definition) is 0. The number of carbonyl (C=O) groups is 1. The molecule has 96 valence electrons. The summed E-state index contributed by atoms with van der Waals surface area (Å²) in [5.41, 5.74) is 0. The van der Waals surface area contributed by atoms with Crippen molar-refractivity contribution in [1.29, 1.82) is 0 Å². The number of hydrogen-bond acceptors (Lipinski definition) is 4. The van der Waals surface area contributed by atoms with Crippen LogP contribution in [0, 0.1) is 0 Å². The van der Waals surface area contributed by atoms with Crippen LogP contribution in [0.5, 0.6) is 0 Å². The van der Waals surface area contributed by atoms with Crippen molar-refractivity contribution in [3.8, 4) is 0 Å². The summed E-state index contributed by atoms with van der Waals surface area (Å²) in [7, 11) is 0. The van der Waals surface area contributed by atoms with E-state index in [1.165, 1.54) is 0 Å². The smallest absolute Gasteiger partial charge is 0.339 e. The van der Waals surface area contributed by atoms with Gasteiger partial charge in [-0.1, -0.05) is 12.1 Å². The van der Waals surface area contributed by atoms with Gasteiger partial charge in [-0.25, -0.2) is 0 Å². The van der Waals surface area contributed by atoms with Gasteiger partial charge in [0.1, 0.15) is 5.78 Å². The second-order valence-corrected chi connectivity index (χ2v) is 3.71.